The number of nitrogens with one attached hydrogen (secondary N) is 1. The summed E-state index contributed by atoms with van der Waals surface area (Å²) in [6.07, 6.45) is 7.67. The fourth-order valence-electron chi connectivity index (χ4n) is 3.59. The highest BCUT2D eigenvalue weighted by molar-refractivity contribution is 7.92. The van der Waals surface area contributed by atoms with Crippen molar-refractivity contribution in [1.29, 1.82) is 0 Å². The van der Waals surface area contributed by atoms with Crippen LogP contribution in [0.3, 0.4) is 0 Å². The molecule has 0 unspecified atom stereocenters. The molecule has 0 saturated carbocycles. The normalized spacial score (nSPS) is 13.9. The van der Waals surface area contributed by atoms with Crippen LogP contribution < -0.4 is 14.4 Å². The molecule has 0 atom stereocenters. The van der Waals surface area contributed by atoms with Crippen molar-refractivity contribution in [3.05, 3.63) is 66.2 Å². The molecule has 2 aromatic carbocycles. The number of hydrogen-bond donors (Lipinski definition) is 1. The molecule has 0 saturated heterocycles. The molecular weight excluding hydrogens is 412 g/mol. The van der Waals surface area contributed by atoms with Gasteiger partial charge in [0, 0.05) is 6.54 Å². The molecule has 1 aliphatic carbocycles. The molecule has 2 aromatic rings. The Balaban J connectivity index is 1.73. The van der Waals surface area contributed by atoms with Crippen LogP contribution in [0.2, 0.25) is 0 Å². The average molecular weight is 443 g/mol. The largest absolute Gasteiger partial charge is 0.494 e. The summed E-state index contributed by atoms with van der Waals surface area (Å²) in [4.78, 5) is 12.7. The summed E-state index contributed by atoms with van der Waals surface area (Å²) in [5.41, 5.74) is 1.81. The van der Waals surface area contributed by atoms with E-state index in [1.165, 1.54) is 30.5 Å². The zero-order valence-corrected chi connectivity index (χ0v) is 18.7. The minimum absolute atomic E-state index is 0.111. The monoisotopic (exact) mass is 442 g/mol. The first-order valence-corrected chi connectivity index (χ1v) is 12.2. The Labute approximate surface area is 185 Å². The molecule has 0 bridgehead atoms. The van der Waals surface area contributed by atoms with Gasteiger partial charge in [0.15, 0.2) is 0 Å². The van der Waals surface area contributed by atoms with Crippen molar-refractivity contribution >= 4 is 21.6 Å². The maximum absolute atomic E-state index is 13.4. The van der Waals surface area contributed by atoms with Crippen LogP contribution in [0.15, 0.2) is 71.1 Å². The minimum Gasteiger partial charge on any atom is -0.494 e. The lowest BCUT2D eigenvalue weighted by Crippen LogP contribution is -2.41. The van der Waals surface area contributed by atoms with Gasteiger partial charge in [0.2, 0.25) is 5.91 Å². The van der Waals surface area contributed by atoms with Crippen molar-refractivity contribution in [2.45, 2.75) is 43.9 Å². The van der Waals surface area contributed by atoms with Gasteiger partial charge in [0.1, 0.15) is 12.3 Å². The lowest BCUT2D eigenvalue weighted by Gasteiger charge is -2.24. The number of nitrogens with zero attached hydrogens (tertiary/aromatic N) is 1. The fourth-order valence-corrected chi connectivity index (χ4v) is 5.01. The molecule has 1 N–H and O–H groups in total. The third-order valence-electron chi connectivity index (χ3n) is 5.21. The molecule has 0 fully saturated rings. The summed E-state index contributed by atoms with van der Waals surface area (Å²) in [7, 11) is -3.92. The second kappa shape index (κ2) is 11.0. The Kier molecular flexibility index (Phi) is 8.12. The topological polar surface area (TPSA) is 75.7 Å². The quantitative estimate of drug-likeness (QED) is 0.557. The van der Waals surface area contributed by atoms with Gasteiger partial charge in [-0.25, -0.2) is 8.42 Å². The molecule has 0 radical (unpaired) electrons. The number of rotatable bonds is 10. The molecular formula is C24H30N2O4S. The van der Waals surface area contributed by atoms with Crippen molar-refractivity contribution in [3.63, 3.8) is 0 Å². The third kappa shape index (κ3) is 6.34. The minimum atomic E-state index is -3.92. The highest BCUT2D eigenvalue weighted by atomic mass is 32.2. The van der Waals surface area contributed by atoms with Gasteiger partial charge in [-0.15, -0.1) is 0 Å². The number of allylic oxidation sites excluding steroid dienone is 1. The molecule has 0 spiro atoms. The van der Waals surface area contributed by atoms with E-state index in [9.17, 15) is 13.2 Å². The van der Waals surface area contributed by atoms with Crippen LogP contribution in [0.4, 0.5) is 5.69 Å². The zero-order valence-electron chi connectivity index (χ0n) is 17.9. The summed E-state index contributed by atoms with van der Waals surface area (Å²) in [5.74, 6) is 0.275. The first-order valence-electron chi connectivity index (χ1n) is 10.8. The summed E-state index contributed by atoms with van der Waals surface area (Å²) in [6.45, 7) is 2.60. The van der Waals surface area contributed by atoms with E-state index in [0.29, 0.717) is 24.6 Å². The van der Waals surface area contributed by atoms with E-state index in [4.69, 9.17) is 4.74 Å². The molecule has 7 heteroatoms. The Morgan fingerprint density at radius 3 is 2.45 bits per heavy atom. The smallest absolute Gasteiger partial charge is 0.264 e. The Bertz CT molecular complexity index is 986. The molecule has 3 rings (SSSR count). The number of amides is 1. The molecule has 31 heavy (non-hydrogen) atoms. The van der Waals surface area contributed by atoms with E-state index >= 15 is 0 Å². The first kappa shape index (κ1) is 22.9. The highest BCUT2D eigenvalue weighted by Gasteiger charge is 2.27. The number of sulfonamides is 1. The van der Waals surface area contributed by atoms with Gasteiger partial charge in [-0.2, -0.15) is 0 Å². The van der Waals surface area contributed by atoms with Crippen LogP contribution >= 0.6 is 0 Å². The number of carbonyl (C=O) groups is 1. The average Bonchev–Trinajstić information content (AvgIpc) is 2.79. The molecule has 1 amide bonds. The van der Waals surface area contributed by atoms with Crippen molar-refractivity contribution in [3.8, 4) is 5.75 Å². The molecule has 1 aliphatic rings. The van der Waals surface area contributed by atoms with Gasteiger partial charge < -0.3 is 10.1 Å². The number of carbonyl (C=O) groups excluding carboxylic acids is 1. The van der Waals surface area contributed by atoms with Crippen LogP contribution in [0.5, 0.6) is 5.75 Å². The van der Waals surface area contributed by atoms with E-state index in [-0.39, 0.29) is 17.3 Å². The van der Waals surface area contributed by atoms with E-state index in [0.717, 1.165) is 23.6 Å². The van der Waals surface area contributed by atoms with Crippen LogP contribution in [0, 0.1) is 0 Å². The van der Waals surface area contributed by atoms with Crippen LogP contribution in [0.25, 0.3) is 0 Å². The second-order valence-corrected chi connectivity index (χ2v) is 9.32. The van der Waals surface area contributed by atoms with Crippen LogP contribution in [0.1, 0.15) is 39.0 Å². The number of anilines is 1. The molecule has 166 valence electrons. The van der Waals surface area contributed by atoms with Crippen molar-refractivity contribution in [1.82, 2.24) is 5.32 Å². The van der Waals surface area contributed by atoms with E-state index < -0.39 is 10.0 Å². The maximum Gasteiger partial charge on any atom is 0.264 e. The first-order chi connectivity index (χ1) is 15.0. The fraction of sp³-hybridized carbons (Fsp3) is 0.375. The molecule has 0 aromatic heterocycles. The van der Waals surface area contributed by atoms with Gasteiger partial charge in [-0.3, -0.25) is 9.10 Å². The Hall–Kier alpha value is -2.80. The van der Waals surface area contributed by atoms with Crippen molar-refractivity contribution in [2.75, 3.05) is 24.0 Å². The highest BCUT2D eigenvalue weighted by Crippen LogP contribution is 2.25. The number of benzene rings is 2. The van der Waals surface area contributed by atoms with Gasteiger partial charge in [-0.1, -0.05) is 29.8 Å². The van der Waals surface area contributed by atoms with Gasteiger partial charge in [0.05, 0.1) is 17.2 Å². The predicted octanol–water partition coefficient (Wildman–Crippen LogP) is 4.29. The third-order valence-corrected chi connectivity index (χ3v) is 7.00. The van der Waals surface area contributed by atoms with E-state index in [1.807, 2.05) is 13.0 Å². The summed E-state index contributed by atoms with van der Waals surface area (Å²) in [5, 5.41) is 2.87. The van der Waals surface area contributed by atoms with Crippen molar-refractivity contribution < 1.29 is 17.9 Å². The molecule has 0 aliphatic heterocycles. The van der Waals surface area contributed by atoms with E-state index in [2.05, 4.69) is 11.4 Å². The Morgan fingerprint density at radius 1 is 1.06 bits per heavy atom. The summed E-state index contributed by atoms with van der Waals surface area (Å²) >= 11 is 0. The van der Waals surface area contributed by atoms with Crippen LogP contribution in [-0.2, 0) is 14.8 Å². The molecule has 0 heterocycles. The number of ether oxygens (including phenoxy) is 1. The van der Waals surface area contributed by atoms with Gasteiger partial charge in [-0.05, 0) is 75.4 Å². The summed E-state index contributed by atoms with van der Waals surface area (Å²) < 4.78 is 33.3. The van der Waals surface area contributed by atoms with Crippen LogP contribution in [-0.4, -0.2) is 34.0 Å². The maximum atomic E-state index is 13.4. The predicted molar refractivity (Wildman–Crippen MR) is 123 cm³/mol. The van der Waals surface area contributed by atoms with Gasteiger partial charge >= 0.3 is 0 Å². The number of hydrogen-bond acceptors (Lipinski definition) is 4. The lowest BCUT2D eigenvalue weighted by atomic mass is 9.97. The standard InChI is InChI=1S/C24H30N2O4S/c1-2-30-22-13-15-23(16-14-22)31(28,29)26(21-11-7-4-8-12-21)19-24(27)25-18-17-20-9-5-3-6-10-20/h4,7-9,11-16H,2-3,5-6,10,17-19H2,1H3,(H,25,27). The number of para-hydroxylation sites is 1. The Morgan fingerprint density at radius 2 is 1.81 bits per heavy atom. The summed E-state index contributed by atoms with van der Waals surface area (Å²) in [6, 6.07) is 14.9. The van der Waals surface area contributed by atoms with E-state index in [1.54, 1.807) is 36.4 Å². The molecule has 6 nitrogen and oxygen atoms in total. The van der Waals surface area contributed by atoms with Crippen molar-refractivity contribution in [2.24, 2.45) is 0 Å². The lowest BCUT2D eigenvalue weighted by molar-refractivity contribution is -0.119. The second-order valence-electron chi connectivity index (χ2n) is 7.46. The zero-order chi connectivity index (χ0) is 22.1. The van der Waals surface area contributed by atoms with Gasteiger partial charge in [0.25, 0.3) is 10.0 Å². The SMILES string of the molecule is CCOc1ccc(S(=O)(=O)N(CC(=O)NCCC2=CCCCC2)c2ccccc2)cc1.